The van der Waals surface area contributed by atoms with Crippen LogP contribution in [-0.4, -0.2) is 55.3 Å². The maximum Gasteiger partial charge on any atom is 0.225 e. The molecule has 7 rings (SSSR count). The topological polar surface area (TPSA) is 50.8 Å². The van der Waals surface area contributed by atoms with E-state index < -0.39 is 0 Å². The number of nitrogens with one attached hydrogen (secondary N) is 1. The molecule has 5 heteroatoms. The van der Waals surface area contributed by atoms with Crippen molar-refractivity contribution >= 4 is 5.91 Å². The molecule has 2 saturated heterocycles. The molecular weight excluding hydrogens is 544 g/mol. The Morgan fingerprint density at radius 3 is 2.55 bits per heavy atom. The van der Waals surface area contributed by atoms with Crippen LogP contribution in [0.15, 0.2) is 24.3 Å². The number of carbonyl (C=O) groups is 1. The van der Waals surface area contributed by atoms with Crippen molar-refractivity contribution in [1.29, 1.82) is 0 Å². The first-order valence-electron chi connectivity index (χ1n) is 18.5. The molecule has 0 bridgehead atoms. The van der Waals surface area contributed by atoms with Crippen LogP contribution in [0.1, 0.15) is 103 Å². The predicted molar refractivity (Wildman–Crippen MR) is 176 cm³/mol. The zero-order chi connectivity index (χ0) is 30.6. The molecule has 1 aromatic carbocycles. The third-order valence-electron chi connectivity index (χ3n) is 14.5. The molecular formula is C39H60N2O3. The SMILES string of the molecule is Cc1ccc(CO[C@H]2CC[C@@]3(C)[C@H](CC[C@@H]4[C@@H]3CC[C@]3(C)[C@H]5[C@H](C)[C@@H](CC[C@H](C)C(=O)N6CCNCC6)O[C@H]5C[C@@H]43)C2)cc1. The van der Waals surface area contributed by atoms with E-state index in [1.54, 1.807) is 0 Å². The Morgan fingerprint density at radius 2 is 1.77 bits per heavy atom. The van der Waals surface area contributed by atoms with Gasteiger partial charge in [-0.25, -0.2) is 0 Å². The number of aryl methyl sites for hydroxylation is 1. The number of hydrogen-bond acceptors (Lipinski definition) is 4. The molecule has 6 aliphatic rings. The van der Waals surface area contributed by atoms with Gasteiger partial charge in [0.2, 0.25) is 5.91 Å². The van der Waals surface area contributed by atoms with Crippen LogP contribution in [0.5, 0.6) is 0 Å². The summed E-state index contributed by atoms with van der Waals surface area (Å²) < 4.78 is 13.5. The van der Waals surface area contributed by atoms with E-state index in [9.17, 15) is 4.79 Å². The van der Waals surface area contributed by atoms with Crippen molar-refractivity contribution in [3.05, 3.63) is 35.4 Å². The zero-order valence-electron chi connectivity index (χ0n) is 28.4. The van der Waals surface area contributed by atoms with Gasteiger partial charge in [-0.2, -0.15) is 0 Å². The Morgan fingerprint density at radius 1 is 1.02 bits per heavy atom. The van der Waals surface area contributed by atoms with Gasteiger partial charge in [-0.15, -0.1) is 0 Å². The molecule has 2 heterocycles. The van der Waals surface area contributed by atoms with E-state index in [1.807, 2.05) is 0 Å². The molecule has 0 spiro atoms. The van der Waals surface area contributed by atoms with Gasteiger partial charge in [-0.05, 0) is 123 Å². The average molecular weight is 605 g/mol. The van der Waals surface area contributed by atoms with Crippen molar-refractivity contribution in [2.24, 2.45) is 52.3 Å². The summed E-state index contributed by atoms with van der Waals surface area (Å²) in [4.78, 5) is 15.1. The lowest BCUT2D eigenvalue weighted by Crippen LogP contribution is -2.54. The summed E-state index contributed by atoms with van der Waals surface area (Å²) in [6, 6.07) is 8.87. The largest absolute Gasteiger partial charge is 0.374 e. The molecule has 6 fully saturated rings. The first-order chi connectivity index (χ1) is 21.2. The monoisotopic (exact) mass is 604 g/mol. The molecule has 4 saturated carbocycles. The highest BCUT2D eigenvalue weighted by Crippen LogP contribution is 2.70. The first kappa shape index (κ1) is 31.2. The average Bonchev–Trinajstić information content (AvgIpc) is 3.52. The zero-order valence-corrected chi connectivity index (χ0v) is 28.4. The van der Waals surface area contributed by atoms with Crippen LogP contribution in [-0.2, 0) is 20.9 Å². The minimum absolute atomic E-state index is 0.0992. The Labute approximate surface area is 267 Å². The van der Waals surface area contributed by atoms with Gasteiger partial charge in [0.25, 0.3) is 0 Å². The number of amides is 1. The smallest absolute Gasteiger partial charge is 0.225 e. The highest BCUT2D eigenvalue weighted by Gasteiger charge is 2.65. The van der Waals surface area contributed by atoms with Crippen LogP contribution in [0.2, 0.25) is 0 Å². The summed E-state index contributed by atoms with van der Waals surface area (Å²) in [7, 11) is 0. The van der Waals surface area contributed by atoms with Crippen molar-refractivity contribution in [2.75, 3.05) is 26.2 Å². The second-order valence-corrected chi connectivity index (χ2v) is 16.8. The van der Waals surface area contributed by atoms with Crippen molar-refractivity contribution < 1.29 is 14.3 Å². The number of rotatable bonds is 7. The van der Waals surface area contributed by atoms with Gasteiger partial charge in [0.1, 0.15) is 0 Å². The Kier molecular flexibility index (Phi) is 8.72. The molecule has 1 aromatic rings. The maximum atomic E-state index is 13.0. The number of fused-ring (bicyclic) bond motifs is 7. The number of piperazine rings is 1. The Bertz CT molecular complexity index is 1160. The quantitative estimate of drug-likeness (QED) is 0.352. The molecule has 12 atom stereocenters. The lowest BCUT2D eigenvalue weighted by molar-refractivity contribution is -0.139. The van der Waals surface area contributed by atoms with Crippen LogP contribution >= 0.6 is 0 Å². The lowest BCUT2D eigenvalue weighted by atomic mass is 9.44. The number of nitrogens with zero attached hydrogens (tertiary/aromatic N) is 1. The molecule has 1 N–H and O–H groups in total. The van der Waals surface area contributed by atoms with Crippen LogP contribution in [0.4, 0.5) is 0 Å². The van der Waals surface area contributed by atoms with Gasteiger partial charge in [-0.3, -0.25) is 4.79 Å². The number of benzene rings is 1. The Hall–Kier alpha value is -1.43. The highest BCUT2D eigenvalue weighted by molar-refractivity contribution is 5.78. The van der Waals surface area contributed by atoms with Crippen LogP contribution in [0, 0.1) is 59.2 Å². The van der Waals surface area contributed by atoms with E-state index in [2.05, 4.69) is 69.1 Å². The summed E-state index contributed by atoms with van der Waals surface area (Å²) in [5, 5.41) is 3.37. The fourth-order valence-corrected chi connectivity index (χ4v) is 12.0. The summed E-state index contributed by atoms with van der Waals surface area (Å²) in [6.45, 7) is 16.5. The predicted octanol–water partition coefficient (Wildman–Crippen LogP) is 7.40. The molecule has 0 radical (unpaired) electrons. The summed E-state index contributed by atoms with van der Waals surface area (Å²) in [5.41, 5.74) is 3.52. The lowest BCUT2D eigenvalue weighted by Gasteiger charge is -2.61. The van der Waals surface area contributed by atoms with E-state index in [-0.39, 0.29) is 5.92 Å². The van der Waals surface area contributed by atoms with Crippen molar-refractivity contribution in [3.8, 4) is 0 Å². The second kappa shape index (κ2) is 12.3. The highest BCUT2D eigenvalue weighted by atomic mass is 16.5. The second-order valence-electron chi connectivity index (χ2n) is 16.8. The van der Waals surface area contributed by atoms with Crippen LogP contribution < -0.4 is 5.32 Å². The van der Waals surface area contributed by atoms with E-state index in [4.69, 9.17) is 9.47 Å². The van der Waals surface area contributed by atoms with E-state index in [1.165, 1.54) is 62.5 Å². The minimum atomic E-state index is 0.0992. The third-order valence-corrected chi connectivity index (χ3v) is 14.5. The standard InChI is InChI=1S/C39H60N2O3/c1-25-6-9-28(10-7-25)24-43-30-14-16-38(4)29(22-30)11-12-31-32(38)15-17-39(5)33(31)23-35-36(39)27(3)34(44-35)13-8-26(2)37(42)41-20-18-40-19-21-41/h6-7,9-10,26-27,29-36,40H,8,11-24H2,1-5H3/t26-,27+,29+,30-,31+,32-,33-,34+,35-,36-,38-,39-/m0/s1. The summed E-state index contributed by atoms with van der Waals surface area (Å²) in [6.07, 6.45) is 13.9. The van der Waals surface area contributed by atoms with E-state index in [0.717, 1.165) is 69.3 Å². The van der Waals surface area contributed by atoms with Gasteiger partial charge in [0.15, 0.2) is 0 Å². The van der Waals surface area contributed by atoms with Gasteiger partial charge in [-0.1, -0.05) is 57.5 Å². The fourth-order valence-electron chi connectivity index (χ4n) is 12.0. The first-order valence-corrected chi connectivity index (χ1v) is 18.5. The van der Waals surface area contributed by atoms with E-state index >= 15 is 0 Å². The summed E-state index contributed by atoms with van der Waals surface area (Å²) in [5.74, 6) is 5.11. The Balaban J connectivity index is 0.949. The summed E-state index contributed by atoms with van der Waals surface area (Å²) >= 11 is 0. The van der Waals surface area contributed by atoms with E-state index in [0.29, 0.717) is 46.9 Å². The fraction of sp³-hybridized carbons (Fsp3) is 0.821. The molecule has 2 aliphatic heterocycles. The minimum Gasteiger partial charge on any atom is -0.374 e. The van der Waals surface area contributed by atoms with Crippen LogP contribution in [0.3, 0.4) is 0 Å². The molecule has 244 valence electrons. The van der Waals surface area contributed by atoms with Crippen LogP contribution in [0.25, 0.3) is 0 Å². The molecule has 44 heavy (non-hydrogen) atoms. The molecule has 1 amide bonds. The molecule has 4 aliphatic carbocycles. The number of ether oxygens (including phenoxy) is 2. The maximum absolute atomic E-state index is 13.0. The number of carbonyl (C=O) groups excluding carboxylic acids is 1. The van der Waals surface area contributed by atoms with Gasteiger partial charge in [0, 0.05) is 32.1 Å². The molecule has 5 nitrogen and oxygen atoms in total. The van der Waals surface area contributed by atoms with Gasteiger partial charge >= 0.3 is 0 Å². The normalized spacial score (nSPS) is 43.9. The molecule has 0 aromatic heterocycles. The molecule has 0 unspecified atom stereocenters. The van der Waals surface area contributed by atoms with Crippen molar-refractivity contribution in [2.45, 2.75) is 124 Å². The van der Waals surface area contributed by atoms with Crippen molar-refractivity contribution in [3.63, 3.8) is 0 Å². The van der Waals surface area contributed by atoms with Crippen molar-refractivity contribution in [1.82, 2.24) is 10.2 Å². The van der Waals surface area contributed by atoms with Gasteiger partial charge in [0.05, 0.1) is 24.9 Å². The van der Waals surface area contributed by atoms with Gasteiger partial charge < -0.3 is 19.7 Å². The third kappa shape index (κ3) is 5.49. The number of hydrogen-bond donors (Lipinski definition) is 1.